The molecule has 1 N–H and O–H groups in total. The van der Waals surface area contributed by atoms with Crippen LogP contribution in [0.15, 0.2) is 28.7 Å². The maximum Gasteiger partial charge on any atom is 0.221 e. The van der Waals surface area contributed by atoms with Crippen molar-refractivity contribution in [1.29, 1.82) is 5.26 Å². The number of carbonyl (C=O) groups is 1. The first-order valence-corrected chi connectivity index (χ1v) is 7.49. The van der Waals surface area contributed by atoms with Crippen LogP contribution in [0.4, 0.5) is 0 Å². The second-order valence-electron chi connectivity index (χ2n) is 4.92. The molecule has 1 aromatic carbocycles. The van der Waals surface area contributed by atoms with E-state index in [1.54, 1.807) is 0 Å². The largest absolute Gasteiger partial charge is 0.381 e. The molecular weight excluding hydrogens is 320 g/mol. The number of aryl methyl sites for hydroxylation is 1. The number of nitriles is 1. The molecule has 106 valence electrons. The van der Waals surface area contributed by atoms with Gasteiger partial charge in [-0.1, -0.05) is 28.1 Å². The van der Waals surface area contributed by atoms with Gasteiger partial charge in [0.25, 0.3) is 0 Å². The van der Waals surface area contributed by atoms with E-state index in [1.807, 2.05) is 24.3 Å². The molecule has 1 aliphatic heterocycles. The molecular formula is C15H17BrN2O2. The summed E-state index contributed by atoms with van der Waals surface area (Å²) in [6, 6.07) is 9.63. The van der Waals surface area contributed by atoms with Crippen LogP contribution >= 0.6 is 15.9 Å². The molecule has 0 aromatic heterocycles. The molecule has 1 saturated heterocycles. The van der Waals surface area contributed by atoms with Crippen LogP contribution in [0.3, 0.4) is 0 Å². The Balaban J connectivity index is 1.79. The Kier molecular flexibility index (Phi) is 5.57. The molecule has 1 heterocycles. The highest BCUT2D eigenvalue weighted by molar-refractivity contribution is 9.10. The second-order valence-corrected chi connectivity index (χ2v) is 5.84. The number of nitrogens with zero attached hydrogens (tertiary/aromatic N) is 1. The Morgan fingerprint density at radius 3 is 2.85 bits per heavy atom. The molecule has 0 aliphatic carbocycles. The highest BCUT2D eigenvalue weighted by Crippen LogP contribution is 2.16. The summed E-state index contributed by atoms with van der Waals surface area (Å²) in [5, 5.41) is 11.9. The van der Waals surface area contributed by atoms with Crippen LogP contribution in [0.2, 0.25) is 0 Å². The van der Waals surface area contributed by atoms with Crippen molar-refractivity contribution in [1.82, 2.24) is 5.32 Å². The average Bonchev–Trinajstić information content (AvgIpc) is 2.98. The highest BCUT2D eigenvalue weighted by atomic mass is 79.9. The van der Waals surface area contributed by atoms with Crippen molar-refractivity contribution in [3.05, 3.63) is 34.3 Å². The molecule has 0 saturated carbocycles. The van der Waals surface area contributed by atoms with Crippen molar-refractivity contribution in [3.8, 4) is 6.07 Å². The summed E-state index contributed by atoms with van der Waals surface area (Å²) >= 11 is 3.38. The van der Waals surface area contributed by atoms with Crippen molar-refractivity contribution in [2.75, 3.05) is 13.2 Å². The van der Waals surface area contributed by atoms with Crippen LogP contribution in [-0.2, 0) is 16.0 Å². The minimum Gasteiger partial charge on any atom is -0.381 e. The van der Waals surface area contributed by atoms with Crippen molar-refractivity contribution < 1.29 is 9.53 Å². The fourth-order valence-electron chi connectivity index (χ4n) is 2.23. The van der Waals surface area contributed by atoms with E-state index in [2.05, 4.69) is 27.3 Å². The smallest absolute Gasteiger partial charge is 0.221 e. The zero-order valence-corrected chi connectivity index (χ0v) is 12.7. The highest BCUT2D eigenvalue weighted by Gasteiger charge is 2.26. The lowest BCUT2D eigenvalue weighted by atomic mass is 10.00. The Labute approximate surface area is 127 Å². The van der Waals surface area contributed by atoms with Gasteiger partial charge >= 0.3 is 0 Å². The SMILES string of the molecule is N#C[C@@H](NC(=O)CCc1ccc(Br)cc1)[C@@H]1CCOC1. The third kappa shape index (κ3) is 4.32. The average molecular weight is 337 g/mol. The lowest BCUT2D eigenvalue weighted by molar-refractivity contribution is -0.121. The first-order chi connectivity index (χ1) is 9.69. The molecule has 0 unspecified atom stereocenters. The van der Waals surface area contributed by atoms with Gasteiger partial charge in [0.1, 0.15) is 6.04 Å². The van der Waals surface area contributed by atoms with E-state index >= 15 is 0 Å². The van der Waals surface area contributed by atoms with Gasteiger partial charge in [-0.2, -0.15) is 5.26 Å². The van der Waals surface area contributed by atoms with Gasteiger partial charge < -0.3 is 10.1 Å². The standard InChI is InChI=1S/C15H17BrN2O2/c16-13-4-1-11(2-5-13)3-6-15(19)18-14(9-17)12-7-8-20-10-12/h1-2,4-5,12,14H,3,6-8,10H2,(H,18,19)/t12-,14-/m1/s1. The summed E-state index contributed by atoms with van der Waals surface area (Å²) in [5.41, 5.74) is 1.11. The number of halogens is 1. The third-order valence-electron chi connectivity index (χ3n) is 3.45. The molecule has 5 heteroatoms. The second kappa shape index (κ2) is 7.41. The Morgan fingerprint density at radius 1 is 1.50 bits per heavy atom. The molecule has 20 heavy (non-hydrogen) atoms. The van der Waals surface area contributed by atoms with E-state index in [1.165, 1.54) is 0 Å². The first-order valence-electron chi connectivity index (χ1n) is 6.70. The molecule has 1 fully saturated rings. The van der Waals surface area contributed by atoms with Gasteiger partial charge in [-0.15, -0.1) is 0 Å². The number of carbonyl (C=O) groups excluding carboxylic acids is 1. The third-order valence-corrected chi connectivity index (χ3v) is 3.97. The van der Waals surface area contributed by atoms with E-state index in [-0.39, 0.29) is 11.8 Å². The summed E-state index contributed by atoms with van der Waals surface area (Å²) in [5.74, 6) is 0.0444. The summed E-state index contributed by atoms with van der Waals surface area (Å²) in [4.78, 5) is 11.9. The minimum atomic E-state index is -0.435. The predicted octanol–water partition coefficient (Wildman–Crippen LogP) is 2.43. The van der Waals surface area contributed by atoms with Crippen molar-refractivity contribution in [3.63, 3.8) is 0 Å². The quantitative estimate of drug-likeness (QED) is 0.898. The van der Waals surface area contributed by atoms with E-state index in [4.69, 9.17) is 10.00 Å². The number of benzene rings is 1. The van der Waals surface area contributed by atoms with E-state index in [0.717, 1.165) is 16.5 Å². The molecule has 0 radical (unpaired) electrons. The summed E-state index contributed by atoms with van der Waals surface area (Å²) < 4.78 is 6.28. The molecule has 1 amide bonds. The number of amides is 1. The van der Waals surface area contributed by atoms with Crippen LogP contribution in [-0.4, -0.2) is 25.2 Å². The van der Waals surface area contributed by atoms with E-state index in [9.17, 15) is 4.79 Å². The van der Waals surface area contributed by atoms with Crippen molar-refractivity contribution >= 4 is 21.8 Å². The Bertz CT molecular complexity index is 490. The Hall–Kier alpha value is -1.38. The Morgan fingerprint density at radius 2 is 2.25 bits per heavy atom. The summed E-state index contributed by atoms with van der Waals surface area (Å²) in [7, 11) is 0. The van der Waals surface area contributed by atoms with Gasteiger partial charge in [0.05, 0.1) is 12.7 Å². The number of nitrogens with one attached hydrogen (secondary N) is 1. The van der Waals surface area contributed by atoms with E-state index in [0.29, 0.717) is 26.1 Å². The predicted molar refractivity (Wildman–Crippen MR) is 78.9 cm³/mol. The van der Waals surface area contributed by atoms with Gasteiger partial charge in [0.2, 0.25) is 5.91 Å². The summed E-state index contributed by atoms with van der Waals surface area (Å²) in [6.07, 6.45) is 1.91. The number of hydrogen-bond acceptors (Lipinski definition) is 3. The van der Waals surface area contributed by atoms with Crippen LogP contribution in [0.25, 0.3) is 0 Å². The molecule has 0 spiro atoms. The van der Waals surface area contributed by atoms with Gasteiger partial charge in [0, 0.05) is 23.4 Å². The van der Waals surface area contributed by atoms with E-state index < -0.39 is 6.04 Å². The molecule has 2 rings (SSSR count). The zero-order valence-electron chi connectivity index (χ0n) is 11.1. The number of rotatable bonds is 5. The van der Waals surface area contributed by atoms with Crippen LogP contribution in [0.1, 0.15) is 18.4 Å². The van der Waals surface area contributed by atoms with Crippen LogP contribution < -0.4 is 5.32 Å². The fourth-order valence-corrected chi connectivity index (χ4v) is 2.49. The molecule has 1 aliphatic rings. The van der Waals surface area contributed by atoms with Crippen molar-refractivity contribution in [2.45, 2.75) is 25.3 Å². The summed E-state index contributed by atoms with van der Waals surface area (Å²) in [6.45, 7) is 1.24. The van der Waals surface area contributed by atoms with Gasteiger partial charge in [-0.05, 0) is 30.5 Å². The fraction of sp³-hybridized carbons (Fsp3) is 0.467. The minimum absolute atomic E-state index is 0.0774. The lowest BCUT2D eigenvalue weighted by Crippen LogP contribution is -2.39. The zero-order chi connectivity index (χ0) is 14.4. The maximum atomic E-state index is 11.9. The molecule has 4 nitrogen and oxygen atoms in total. The number of ether oxygens (including phenoxy) is 1. The van der Waals surface area contributed by atoms with Gasteiger partial charge in [0.15, 0.2) is 0 Å². The molecule has 0 bridgehead atoms. The van der Waals surface area contributed by atoms with Gasteiger partial charge in [-0.25, -0.2) is 0 Å². The molecule has 2 atom stereocenters. The van der Waals surface area contributed by atoms with Crippen LogP contribution in [0.5, 0.6) is 0 Å². The first kappa shape index (κ1) is 15.0. The van der Waals surface area contributed by atoms with Crippen LogP contribution in [0, 0.1) is 17.2 Å². The maximum absolute atomic E-state index is 11.9. The normalized spacial score (nSPS) is 19.3. The lowest BCUT2D eigenvalue weighted by Gasteiger charge is -2.16. The number of hydrogen-bond donors (Lipinski definition) is 1. The topological polar surface area (TPSA) is 62.1 Å². The monoisotopic (exact) mass is 336 g/mol. The van der Waals surface area contributed by atoms with Crippen molar-refractivity contribution in [2.24, 2.45) is 5.92 Å². The molecule has 1 aromatic rings. The van der Waals surface area contributed by atoms with Gasteiger partial charge in [-0.3, -0.25) is 4.79 Å².